The van der Waals surface area contributed by atoms with Crippen molar-refractivity contribution in [2.45, 2.75) is 45.8 Å². The van der Waals surface area contributed by atoms with Gasteiger partial charge in [0.25, 0.3) is 0 Å². The summed E-state index contributed by atoms with van der Waals surface area (Å²) >= 11 is 0. The molecule has 0 spiro atoms. The van der Waals surface area contributed by atoms with E-state index in [4.69, 9.17) is 0 Å². The fraction of sp³-hybridized carbons (Fsp3) is 0.292. The predicted molar refractivity (Wildman–Crippen MR) is 115 cm³/mol. The number of aliphatic imine (C=N–C) groups is 1. The number of hydrogen-bond donors (Lipinski definition) is 2. The Hall–Kier alpha value is -2.88. The zero-order valence-corrected chi connectivity index (χ0v) is 16.7. The number of allylic oxidation sites excluding steroid dienone is 3. The van der Waals surface area contributed by atoms with Crippen molar-refractivity contribution < 1.29 is 4.39 Å². The maximum atomic E-state index is 13.1. The van der Waals surface area contributed by atoms with E-state index in [1.165, 1.54) is 28.8 Å². The SMILES string of the molecule is CC/C=C\C=C(/C)[C@H]1NC(=NCc2ccc(F)cc2)N[C@H]1c1cccc(C)c1. The Morgan fingerprint density at radius 1 is 1.14 bits per heavy atom. The molecule has 1 aliphatic heterocycles. The zero-order valence-electron chi connectivity index (χ0n) is 16.7. The van der Waals surface area contributed by atoms with Crippen LogP contribution in [0.3, 0.4) is 0 Å². The highest BCUT2D eigenvalue weighted by molar-refractivity contribution is 5.84. The summed E-state index contributed by atoms with van der Waals surface area (Å²) in [6.07, 6.45) is 7.44. The second-order valence-electron chi connectivity index (χ2n) is 7.20. The predicted octanol–water partition coefficient (Wildman–Crippen LogP) is 5.21. The van der Waals surface area contributed by atoms with Crippen LogP contribution in [0.4, 0.5) is 4.39 Å². The monoisotopic (exact) mass is 377 g/mol. The Labute approximate surface area is 167 Å². The van der Waals surface area contributed by atoms with Gasteiger partial charge >= 0.3 is 0 Å². The highest BCUT2D eigenvalue weighted by atomic mass is 19.1. The van der Waals surface area contributed by atoms with Gasteiger partial charge in [-0.15, -0.1) is 0 Å². The molecule has 0 aliphatic carbocycles. The van der Waals surface area contributed by atoms with Crippen molar-refractivity contribution >= 4 is 5.96 Å². The van der Waals surface area contributed by atoms with Gasteiger partial charge < -0.3 is 10.6 Å². The van der Waals surface area contributed by atoms with Crippen molar-refractivity contribution in [2.75, 3.05) is 0 Å². The van der Waals surface area contributed by atoms with Crippen LogP contribution in [0.25, 0.3) is 0 Å². The van der Waals surface area contributed by atoms with Gasteiger partial charge in [0.05, 0.1) is 18.6 Å². The number of nitrogens with zero attached hydrogens (tertiary/aromatic N) is 1. The molecule has 2 aromatic carbocycles. The average Bonchev–Trinajstić information content (AvgIpc) is 3.12. The third-order valence-corrected chi connectivity index (χ3v) is 4.87. The van der Waals surface area contributed by atoms with Gasteiger partial charge in [-0.3, -0.25) is 0 Å². The minimum Gasteiger partial charge on any atom is -0.347 e. The van der Waals surface area contributed by atoms with E-state index < -0.39 is 0 Å². The lowest BCUT2D eigenvalue weighted by atomic mass is 9.94. The van der Waals surface area contributed by atoms with Crippen molar-refractivity contribution in [1.29, 1.82) is 0 Å². The second-order valence-corrected chi connectivity index (χ2v) is 7.20. The molecule has 0 radical (unpaired) electrons. The van der Waals surface area contributed by atoms with Crippen molar-refractivity contribution in [3.63, 3.8) is 0 Å². The number of nitrogens with one attached hydrogen (secondary N) is 2. The number of guanidine groups is 1. The van der Waals surface area contributed by atoms with Crippen LogP contribution in [-0.4, -0.2) is 12.0 Å². The second kappa shape index (κ2) is 9.36. The van der Waals surface area contributed by atoms with Crippen LogP contribution in [0.15, 0.2) is 77.3 Å². The van der Waals surface area contributed by atoms with E-state index in [1.54, 1.807) is 12.1 Å². The molecule has 1 fully saturated rings. The summed E-state index contributed by atoms with van der Waals surface area (Å²) < 4.78 is 13.1. The largest absolute Gasteiger partial charge is 0.347 e. The Bertz CT molecular complexity index is 881. The number of aryl methyl sites for hydroxylation is 1. The molecule has 2 atom stereocenters. The van der Waals surface area contributed by atoms with Crippen LogP contribution in [0.2, 0.25) is 0 Å². The van der Waals surface area contributed by atoms with Gasteiger partial charge in [-0.25, -0.2) is 9.38 Å². The van der Waals surface area contributed by atoms with Crippen molar-refractivity contribution in [1.82, 2.24) is 10.6 Å². The van der Waals surface area contributed by atoms with E-state index in [-0.39, 0.29) is 17.9 Å². The molecule has 0 aromatic heterocycles. The van der Waals surface area contributed by atoms with Gasteiger partial charge in [-0.05, 0) is 49.1 Å². The standard InChI is InChI=1S/C24H28FN3/c1-4-5-6-9-18(3)22-23(20-10-7-8-17(2)15-20)28-24(27-22)26-16-19-11-13-21(25)14-12-19/h5-15,22-23H,4,16H2,1-3H3,(H2,26,27,28)/b6-5-,18-9+/t22-,23+/m1/s1. The molecule has 3 rings (SSSR count). The summed E-state index contributed by atoms with van der Waals surface area (Å²) in [4.78, 5) is 4.68. The summed E-state index contributed by atoms with van der Waals surface area (Å²) in [5.74, 6) is 0.544. The molecule has 4 heteroatoms. The molecular weight excluding hydrogens is 349 g/mol. The first-order chi connectivity index (χ1) is 13.6. The molecule has 0 amide bonds. The number of rotatable bonds is 6. The van der Waals surface area contributed by atoms with E-state index in [1.807, 2.05) is 0 Å². The van der Waals surface area contributed by atoms with Crippen LogP contribution < -0.4 is 10.6 Å². The molecule has 146 valence electrons. The molecule has 0 bridgehead atoms. The quantitative estimate of drug-likeness (QED) is 0.679. The molecule has 1 heterocycles. The molecule has 2 N–H and O–H groups in total. The number of halogens is 1. The first kappa shape index (κ1) is 19.9. The van der Waals surface area contributed by atoms with Crippen molar-refractivity contribution in [2.24, 2.45) is 4.99 Å². The summed E-state index contributed by atoms with van der Waals surface area (Å²) in [7, 11) is 0. The highest BCUT2D eigenvalue weighted by Gasteiger charge is 2.32. The maximum absolute atomic E-state index is 13.1. The van der Waals surface area contributed by atoms with E-state index in [2.05, 4.69) is 78.9 Å². The van der Waals surface area contributed by atoms with Crippen molar-refractivity contribution in [3.8, 4) is 0 Å². The Morgan fingerprint density at radius 2 is 1.93 bits per heavy atom. The molecule has 2 aromatic rings. The molecular formula is C24H28FN3. The number of hydrogen-bond acceptors (Lipinski definition) is 1. The van der Waals surface area contributed by atoms with Crippen LogP contribution in [0, 0.1) is 12.7 Å². The molecule has 1 aliphatic rings. The van der Waals surface area contributed by atoms with Crippen LogP contribution in [0.5, 0.6) is 0 Å². The maximum Gasteiger partial charge on any atom is 0.192 e. The highest BCUT2D eigenvalue weighted by Crippen LogP contribution is 2.26. The smallest absolute Gasteiger partial charge is 0.192 e. The average molecular weight is 378 g/mol. The van der Waals surface area contributed by atoms with Gasteiger partial charge in [0.2, 0.25) is 0 Å². The molecule has 0 unspecified atom stereocenters. The minimum absolute atomic E-state index is 0.109. The van der Waals surface area contributed by atoms with Gasteiger partial charge in [0, 0.05) is 0 Å². The molecule has 0 saturated carbocycles. The fourth-order valence-corrected chi connectivity index (χ4v) is 3.33. The van der Waals surface area contributed by atoms with E-state index >= 15 is 0 Å². The van der Waals surface area contributed by atoms with Crippen LogP contribution in [0.1, 0.15) is 43.0 Å². The summed E-state index contributed by atoms with van der Waals surface area (Å²) in [5.41, 5.74) is 4.70. The Kier molecular flexibility index (Phi) is 6.64. The van der Waals surface area contributed by atoms with Crippen LogP contribution in [-0.2, 0) is 6.54 Å². The minimum atomic E-state index is -0.228. The van der Waals surface area contributed by atoms with Gasteiger partial charge in [0.1, 0.15) is 5.82 Å². The summed E-state index contributed by atoms with van der Waals surface area (Å²) in [6.45, 7) is 6.88. The summed E-state index contributed by atoms with van der Waals surface area (Å²) in [6, 6.07) is 15.3. The van der Waals surface area contributed by atoms with E-state index in [0.717, 1.165) is 17.9 Å². The number of benzene rings is 2. The topological polar surface area (TPSA) is 36.4 Å². The first-order valence-electron chi connectivity index (χ1n) is 9.78. The first-order valence-corrected chi connectivity index (χ1v) is 9.78. The lowest BCUT2D eigenvalue weighted by Gasteiger charge is -2.20. The Balaban J connectivity index is 1.83. The van der Waals surface area contributed by atoms with Crippen molar-refractivity contribution in [3.05, 3.63) is 94.8 Å². The Morgan fingerprint density at radius 3 is 2.64 bits per heavy atom. The van der Waals surface area contributed by atoms with E-state index in [0.29, 0.717) is 6.54 Å². The fourth-order valence-electron chi connectivity index (χ4n) is 3.33. The third-order valence-electron chi connectivity index (χ3n) is 4.87. The molecule has 1 saturated heterocycles. The van der Waals surface area contributed by atoms with E-state index in [9.17, 15) is 4.39 Å². The van der Waals surface area contributed by atoms with Gasteiger partial charge in [-0.2, -0.15) is 0 Å². The third kappa shape index (κ3) is 5.10. The molecule has 28 heavy (non-hydrogen) atoms. The van der Waals surface area contributed by atoms with Gasteiger partial charge in [0.15, 0.2) is 5.96 Å². The molecule has 3 nitrogen and oxygen atoms in total. The van der Waals surface area contributed by atoms with Gasteiger partial charge in [-0.1, -0.05) is 67.1 Å². The van der Waals surface area contributed by atoms with Crippen LogP contribution >= 0.6 is 0 Å². The summed E-state index contributed by atoms with van der Waals surface area (Å²) in [5, 5.41) is 7.07. The lowest BCUT2D eigenvalue weighted by molar-refractivity contribution is 0.588. The normalized spacial score (nSPS) is 21.1. The lowest BCUT2D eigenvalue weighted by Crippen LogP contribution is -2.29. The zero-order chi connectivity index (χ0) is 19.9.